The number of rotatable bonds is 3. The predicted molar refractivity (Wildman–Crippen MR) is 84.3 cm³/mol. The number of aliphatic hydroxyl groups excluding tert-OH is 1. The van der Waals surface area contributed by atoms with E-state index in [-0.39, 0.29) is 6.10 Å². The van der Waals surface area contributed by atoms with Gasteiger partial charge >= 0.3 is 0 Å². The van der Waals surface area contributed by atoms with Crippen LogP contribution < -0.4 is 4.74 Å². The highest BCUT2D eigenvalue weighted by Gasteiger charge is 2.18. The predicted octanol–water partition coefficient (Wildman–Crippen LogP) is 3.44. The van der Waals surface area contributed by atoms with E-state index in [4.69, 9.17) is 4.74 Å². The number of benzene rings is 1. The number of hydrogen-bond donors (Lipinski definition) is 1. The molecular weight excluding hydrogens is 332 g/mol. The van der Waals surface area contributed by atoms with Crippen molar-refractivity contribution in [3.63, 3.8) is 0 Å². The van der Waals surface area contributed by atoms with Crippen molar-refractivity contribution in [3.8, 4) is 5.75 Å². The maximum atomic E-state index is 10.1. The van der Waals surface area contributed by atoms with E-state index in [1.165, 1.54) is 5.56 Å². The zero-order chi connectivity index (χ0) is 15.0. The van der Waals surface area contributed by atoms with Crippen LogP contribution in [-0.2, 0) is 20.1 Å². The van der Waals surface area contributed by atoms with Gasteiger partial charge in [-0.25, -0.2) is 0 Å². The highest BCUT2D eigenvalue weighted by Crippen LogP contribution is 2.32. The van der Waals surface area contributed by atoms with E-state index in [1.54, 1.807) is 0 Å². The lowest BCUT2D eigenvalue weighted by Crippen LogP contribution is -2.10. The molecule has 2 aromatic rings. The zero-order valence-corrected chi connectivity index (χ0v) is 13.9. The first kappa shape index (κ1) is 14.6. The van der Waals surface area contributed by atoms with Crippen molar-refractivity contribution in [1.82, 2.24) is 9.78 Å². The zero-order valence-electron chi connectivity index (χ0n) is 12.3. The first-order chi connectivity index (χ1) is 10.1. The normalized spacial score (nSPS) is 17.6. The van der Waals surface area contributed by atoms with Crippen molar-refractivity contribution < 1.29 is 9.84 Å². The van der Waals surface area contributed by atoms with Crippen molar-refractivity contribution >= 4 is 15.9 Å². The Morgan fingerprint density at radius 2 is 2.29 bits per heavy atom. The van der Waals surface area contributed by atoms with E-state index in [0.717, 1.165) is 46.4 Å². The molecule has 0 bridgehead atoms. The van der Waals surface area contributed by atoms with Crippen molar-refractivity contribution in [1.29, 1.82) is 0 Å². The molecule has 3 rings (SSSR count). The fraction of sp³-hybridized carbons (Fsp3) is 0.438. The molecule has 1 aromatic carbocycles. The van der Waals surface area contributed by atoms with Gasteiger partial charge in [0.1, 0.15) is 12.4 Å². The van der Waals surface area contributed by atoms with Gasteiger partial charge in [0.15, 0.2) is 0 Å². The van der Waals surface area contributed by atoms with Crippen LogP contribution in [0.25, 0.3) is 0 Å². The molecule has 112 valence electrons. The summed E-state index contributed by atoms with van der Waals surface area (Å²) in [6.07, 6.45) is 2.57. The van der Waals surface area contributed by atoms with Gasteiger partial charge in [0, 0.05) is 7.05 Å². The molecule has 0 saturated carbocycles. The summed E-state index contributed by atoms with van der Waals surface area (Å²) in [6.45, 7) is 2.41. The molecule has 21 heavy (non-hydrogen) atoms. The molecule has 1 aliphatic rings. The van der Waals surface area contributed by atoms with Gasteiger partial charge in [-0.2, -0.15) is 5.10 Å². The van der Waals surface area contributed by atoms with E-state index in [0.29, 0.717) is 6.61 Å². The molecule has 0 unspecified atom stereocenters. The molecule has 0 spiro atoms. The molecular formula is C16H19BrN2O2. The molecule has 4 nitrogen and oxygen atoms in total. The topological polar surface area (TPSA) is 47.3 Å². The van der Waals surface area contributed by atoms with Crippen LogP contribution in [0.1, 0.15) is 41.5 Å². The smallest absolute Gasteiger partial charge is 0.131 e. The van der Waals surface area contributed by atoms with E-state index in [9.17, 15) is 5.11 Å². The molecule has 1 aliphatic carbocycles. The first-order valence-corrected chi connectivity index (χ1v) is 7.97. The average Bonchev–Trinajstić information content (AvgIpc) is 2.71. The quantitative estimate of drug-likeness (QED) is 0.922. The maximum absolute atomic E-state index is 10.1. The van der Waals surface area contributed by atoms with Gasteiger partial charge in [-0.05, 0) is 65.4 Å². The van der Waals surface area contributed by atoms with E-state index in [1.807, 2.05) is 30.8 Å². The highest BCUT2D eigenvalue weighted by molar-refractivity contribution is 9.10. The largest absolute Gasteiger partial charge is 0.487 e. The Labute approximate surface area is 132 Å². The molecule has 0 radical (unpaired) electrons. The number of fused-ring (bicyclic) bond motifs is 1. The molecule has 0 fully saturated rings. The van der Waals surface area contributed by atoms with Crippen molar-refractivity contribution in [2.24, 2.45) is 7.05 Å². The number of hydrogen-bond acceptors (Lipinski definition) is 3. The molecule has 0 aliphatic heterocycles. The van der Waals surface area contributed by atoms with Crippen molar-refractivity contribution in [3.05, 3.63) is 45.2 Å². The number of aryl methyl sites for hydroxylation is 3. The molecule has 1 aromatic heterocycles. The molecule has 1 heterocycles. The maximum Gasteiger partial charge on any atom is 0.131 e. The molecule has 0 amide bonds. The van der Waals surface area contributed by atoms with Gasteiger partial charge in [-0.1, -0.05) is 6.07 Å². The SMILES string of the molecule is Cc1nn(C)c(COc2ccc3c(c2)[C@@H](O)CCC3)c1Br. The van der Waals surface area contributed by atoms with Crippen molar-refractivity contribution in [2.45, 2.75) is 38.9 Å². The summed E-state index contributed by atoms with van der Waals surface area (Å²) >= 11 is 3.54. The summed E-state index contributed by atoms with van der Waals surface area (Å²) in [5.74, 6) is 0.792. The second-order valence-corrected chi connectivity index (χ2v) is 6.32. The van der Waals surface area contributed by atoms with Crippen LogP contribution >= 0.6 is 15.9 Å². The van der Waals surface area contributed by atoms with E-state index in [2.05, 4.69) is 27.1 Å². The van der Waals surface area contributed by atoms with Crippen LogP contribution in [0.5, 0.6) is 5.75 Å². The van der Waals surface area contributed by atoms with Crippen LogP contribution in [0.15, 0.2) is 22.7 Å². The van der Waals surface area contributed by atoms with Gasteiger partial charge in [0.25, 0.3) is 0 Å². The van der Waals surface area contributed by atoms with Gasteiger partial charge < -0.3 is 9.84 Å². The van der Waals surface area contributed by atoms with E-state index < -0.39 is 0 Å². The fourth-order valence-corrected chi connectivity index (χ4v) is 3.28. The Morgan fingerprint density at radius 3 is 3.00 bits per heavy atom. The summed E-state index contributed by atoms with van der Waals surface area (Å²) in [7, 11) is 1.91. The number of ether oxygens (including phenoxy) is 1. The second-order valence-electron chi connectivity index (χ2n) is 5.53. The van der Waals surface area contributed by atoms with Gasteiger partial charge in [-0.3, -0.25) is 4.68 Å². The van der Waals surface area contributed by atoms with Gasteiger partial charge in [-0.15, -0.1) is 0 Å². The fourth-order valence-electron chi connectivity index (χ4n) is 2.83. The third-order valence-corrected chi connectivity index (χ3v) is 5.07. The summed E-state index contributed by atoms with van der Waals surface area (Å²) in [6, 6.07) is 6.01. The minimum atomic E-state index is -0.358. The molecule has 0 saturated heterocycles. The molecule has 1 N–H and O–H groups in total. The lowest BCUT2D eigenvalue weighted by molar-refractivity contribution is 0.156. The van der Waals surface area contributed by atoms with Gasteiger partial charge in [0.2, 0.25) is 0 Å². The lowest BCUT2D eigenvalue weighted by atomic mass is 9.89. The summed E-state index contributed by atoms with van der Waals surface area (Å²) in [5, 5.41) is 14.4. The number of aliphatic hydroxyl groups is 1. The van der Waals surface area contributed by atoms with Crippen molar-refractivity contribution in [2.75, 3.05) is 0 Å². The summed E-state index contributed by atoms with van der Waals surface area (Å²) < 4.78 is 8.69. The Balaban J connectivity index is 1.78. The second kappa shape index (κ2) is 5.81. The van der Waals surface area contributed by atoms with Crippen LogP contribution in [0.4, 0.5) is 0 Å². The number of nitrogens with zero attached hydrogens (tertiary/aromatic N) is 2. The number of halogens is 1. The van der Waals surface area contributed by atoms with Crippen LogP contribution in [0.3, 0.4) is 0 Å². The highest BCUT2D eigenvalue weighted by atomic mass is 79.9. The van der Waals surface area contributed by atoms with Crippen LogP contribution in [0.2, 0.25) is 0 Å². The average molecular weight is 351 g/mol. The third-order valence-electron chi connectivity index (χ3n) is 4.04. The molecule has 5 heteroatoms. The summed E-state index contributed by atoms with van der Waals surface area (Å²) in [5.41, 5.74) is 4.21. The first-order valence-electron chi connectivity index (χ1n) is 7.18. The van der Waals surface area contributed by atoms with Crippen LogP contribution in [0, 0.1) is 6.92 Å². The third kappa shape index (κ3) is 2.85. The lowest BCUT2D eigenvalue weighted by Gasteiger charge is -2.22. The Bertz CT molecular complexity index is 667. The monoisotopic (exact) mass is 350 g/mol. The Morgan fingerprint density at radius 1 is 1.48 bits per heavy atom. The molecule has 1 atom stereocenters. The van der Waals surface area contributed by atoms with Gasteiger partial charge in [0.05, 0.1) is 22.0 Å². The van der Waals surface area contributed by atoms with Crippen LogP contribution in [-0.4, -0.2) is 14.9 Å². The minimum absolute atomic E-state index is 0.358. The minimum Gasteiger partial charge on any atom is -0.487 e. The Hall–Kier alpha value is -1.33. The standard InChI is InChI=1S/C16H19BrN2O2/c1-10-16(17)14(19(2)18-10)9-21-12-7-6-11-4-3-5-15(20)13(11)8-12/h6-8,15,20H,3-5,9H2,1-2H3/t15-/m0/s1. The summed E-state index contributed by atoms with van der Waals surface area (Å²) in [4.78, 5) is 0. The van der Waals surface area contributed by atoms with E-state index >= 15 is 0 Å². The Kier molecular flexibility index (Phi) is 4.04. The number of aromatic nitrogens is 2.